The lowest BCUT2D eigenvalue weighted by Crippen LogP contribution is -2.54. The molecule has 10 heteroatoms. The Morgan fingerprint density at radius 1 is 1.18 bits per heavy atom. The molecule has 0 aliphatic carbocycles. The number of anilines is 1. The van der Waals surface area contributed by atoms with Gasteiger partial charge >= 0.3 is 6.36 Å². The van der Waals surface area contributed by atoms with E-state index < -0.39 is 21.4 Å². The lowest BCUT2D eigenvalue weighted by molar-refractivity contribution is -0.274. The monoisotopic (exact) mass is 411 g/mol. The third-order valence-corrected chi connectivity index (χ3v) is 6.28. The molecule has 3 heterocycles. The van der Waals surface area contributed by atoms with E-state index in [1.54, 1.807) is 24.4 Å². The molecule has 0 N–H and O–H groups in total. The van der Waals surface area contributed by atoms with Crippen LogP contribution in [0.25, 0.3) is 0 Å². The van der Waals surface area contributed by atoms with Crippen LogP contribution < -0.4 is 9.64 Å². The summed E-state index contributed by atoms with van der Waals surface area (Å²) < 4.78 is 64.7. The molecule has 1 saturated heterocycles. The molecule has 6 nitrogen and oxygen atoms in total. The van der Waals surface area contributed by atoms with E-state index >= 15 is 0 Å². The first kappa shape index (κ1) is 18.7. The Bertz CT molecular complexity index is 1060. The first-order valence-corrected chi connectivity index (χ1v) is 10.4. The molecule has 0 atom stereocenters. The molecule has 1 aromatic carbocycles. The van der Waals surface area contributed by atoms with E-state index in [1.807, 2.05) is 4.90 Å². The molecule has 28 heavy (non-hydrogen) atoms. The summed E-state index contributed by atoms with van der Waals surface area (Å²) in [6.45, 7) is 1.10. The summed E-state index contributed by atoms with van der Waals surface area (Å²) in [5, 5.41) is -0.412. The number of sulfone groups is 1. The van der Waals surface area contributed by atoms with E-state index in [0.29, 0.717) is 42.3 Å². The minimum atomic E-state index is -4.76. The van der Waals surface area contributed by atoms with E-state index in [9.17, 15) is 21.6 Å². The molecular formula is C18H16F3N3O3S. The first-order valence-electron chi connectivity index (χ1n) is 8.44. The minimum absolute atomic E-state index is 0.297. The van der Waals surface area contributed by atoms with Crippen molar-refractivity contribution < 1.29 is 26.3 Å². The van der Waals surface area contributed by atoms with E-state index in [0.717, 1.165) is 5.56 Å². The molecule has 1 fully saturated rings. The van der Waals surface area contributed by atoms with Gasteiger partial charge in [-0.1, -0.05) is 6.07 Å². The molecule has 2 aromatic rings. The Balaban J connectivity index is 1.58. The Morgan fingerprint density at radius 3 is 2.61 bits per heavy atom. The molecule has 4 rings (SSSR count). The lowest BCUT2D eigenvalue weighted by atomic mass is 10.00. The fraction of sp³-hybridized carbons (Fsp3) is 0.333. The van der Waals surface area contributed by atoms with Crippen LogP contribution in [0.5, 0.6) is 5.75 Å². The fourth-order valence-electron chi connectivity index (χ4n) is 3.24. The highest BCUT2D eigenvalue weighted by atomic mass is 32.2. The molecular weight excluding hydrogens is 395 g/mol. The van der Waals surface area contributed by atoms with Gasteiger partial charge in [0, 0.05) is 36.7 Å². The minimum Gasteiger partial charge on any atom is -0.406 e. The van der Waals surface area contributed by atoms with Gasteiger partial charge < -0.3 is 9.64 Å². The standard InChI is InChI=1S/C18H16F3N3O3S/c1-28(25,26)14-9-24(10-14)16-6-11(4-5-22-16)17-15-7-13(27-18(19,20)21)3-2-12(15)8-23-17/h2-7,14H,8-10H2,1H3. The van der Waals surface area contributed by atoms with Gasteiger partial charge in [0.2, 0.25) is 0 Å². The second kappa shape index (κ2) is 6.47. The number of rotatable bonds is 4. The largest absolute Gasteiger partial charge is 0.573 e. The topological polar surface area (TPSA) is 71.9 Å². The van der Waals surface area contributed by atoms with Crippen molar-refractivity contribution in [2.24, 2.45) is 4.99 Å². The average Bonchev–Trinajstić information content (AvgIpc) is 2.94. The van der Waals surface area contributed by atoms with Gasteiger partial charge in [0.25, 0.3) is 0 Å². The van der Waals surface area contributed by atoms with E-state index in [2.05, 4.69) is 14.7 Å². The summed E-state index contributed by atoms with van der Waals surface area (Å²) in [7, 11) is -3.09. The molecule has 2 aliphatic rings. The number of aromatic nitrogens is 1. The summed E-state index contributed by atoms with van der Waals surface area (Å²) >= 11 is 0. The molecule has 1 aromatic heterocycles. The summed E-state index contributed by atoms with van der Waals surface area (Å²) in [6, 6.07) is 7.67. The molecule has 2 aliphatic heterocycles. The predicted octanol–water partition coefficient (Wildman–Crippen LogP) is 2.56. The maximum atomic E-state index is 12.5. The maximum absolute atomic E-state index is 12.5. The summed E-state index contributed by atoms with van der Waals surface area (Å²) in [5.74, 6) is 0.310. The number of ether oxygens (including phenoxy) is 1. The number of nitrogens with zero attached hydrogens (tertiary/aromatic N) is 3. The van der Waals surface area contributed by atoms with Crippen molar-refractivity contribution in [2.75, 3.05) is 24.2 Å². The van der Waals surface area contributed by atoms with Crippen LogP contribution in [0.15, 0.2) is 41.5 Å². The average molecular weight is 411 g/mol. The van der Waals surface area contributed by atoms with Crippen molar-refractivity contribution >= 4 is 21.4 Å². The number of aliphatic imine (C=N–C) groups is 1. The smallest absolute Gasteiger partial charge is 0.406 e. The van der Waals surface area contributed by atoms with Gasteiger partial charge in [-0.15, -0.1) is 13.2 Å². The summed E-state index contributed by atoms with van der Waals surface area (Å²) in [6.07, 6.45) is -1.97. The third kappa shape index (κ3) is 3.68. The van der Waals surface area contributed by atoms with Crippen molar-refractivity contribution in [2.45, 2.75) is 18.2 Å². The Kier molecular flexibility index (Phi) is 4.33. The zero-order chi connectivity index (χ0) is 20.1. The van der Waals surface area contributed by atoms with Gasteiger partial charge in [-0.05, 0) is 29.8 Å². The SMILES string of the molecule is CS(=O)(=O)C1CN(c2cc(C3=NCc4ccc(OC(F)(F)F)cc43)ccn2)C1. The van der Waals surface area contributed by atoms with Gasteiger partial charge in [0.15, 0.2) is 9.84 Å². The maximum Gasteiger partial charge on any atom is 0.573 e. The second-order valence-corrected chi connectivity index (χ2v) is 9.12. The van der Waals surface area contributed by atoms with E-state index in [1.165, 1.54) is 18.4 Å². The van der Waals surface area contributed by atoms with Gasteiger partial charge in [0.05, 0.1) is 17.5 Å². The number of halogens is 3. The Labute approximate surface area is 159 Å². The highest BCUT2D eigenvalue weighted by Crippen LogP contribution is 2.31. The number of hydrogen-bond acceptors (Lipinski definition) is 6. The van der Waals surface area contributed by atoms with E-state index in [4.69, 9.17) is 0 Å². The van der Waals surface area contributed by atoms with Gasteiger partial charge in [-0.3, -0.25) is 4.99 Å². The first-order chi connectivity index (χ1) is 13.1. The zero-order valence-corrected chi connectivity index (χ0v) is 15.6. The Morgan fingerprint density at radius 2 is 1.93 bits per heavy atom. The van der Waals surface area contributed by atoms with Crippen LogP contribution in [0.1, 0.15) is 16.7 Å². The molecule has 0 spiro atoms. The van der Waals surface area contributed by atoms with Crippen molar-refractivity contribution in [3.05, 3.63) is 53.2 Å². The molecule has 0 bridgehead atoms. The van der Waals surface area contributed by atoms with Crippen LogP contribution in [-0.4, -0.2) is 50.1 Å². The molecule has 0 saturated carbocycles. The summed E-state index contributed by atoms with van der Waals surface area (Å²) in [4.78, 5) is 10.6. The van der Waals surface area contributed by atoms with Gasteiger partial charge in [-0.2, -0.15) is 0 Å². The van der Waals surface area contributed by atoms with Crippen LogP contribution in [0.2, 0.25) is 0 Å². The zero-order valence-electron chi connectivity index (χ0n) is 14.8. The van der Waals surface area contributed by atoms with Crippen molar-refractivity contribution in [1.82, 2.24) is 4.98 Å². The van der Waals surface area contributed by atoms with Crippen molar-refractivity contribution in [3.63, 3.8) is 0 Å². The Hall–Kier alpha value is -2.62. The lowest BCUT2D eigenvalue weighted by Gasteiger charge is -2.38. The second-order valence-electron chi connectivity index (χ2n) is 6.79. The third-order valence-electron chi connectivity index (χ3n) is 4.77. The molecule has 148 valence electrons. The highest BCUT2D eigenvalue weighted by molar-refractivity contribution is 7.91. The number of pyridine rings is 1. The number of fused-ring (bicyclic) bond motifs is 1. The highest BCUT2D eigenvalue weighted by Gasteiger charge is 2.35. The van der Waals surface area contributed by atoms with Crippen LogP contribution in [-0.2, 0) is 16.4 Å². The quantitative estimate of drug-likeness (QED) is 0.773. The number of alkyl halides is 3. The van der Waals surface area contributed by atoms with Gasteiger partial charge in [0.1, 0.15) is 11.6 Å². The molecule has 0 unspecified atom stereocenters. The predicted molar refractivity (Wildman–Crippen MR) is 97.5 cm³/mol. The van der Waals surface area contributed by atoms with Crippen LogP contribution in [0.4, 0.5) is 19.0 Å². The normalized spacial score (nSPS) is 17.1. The molecule has 0 radical (unpaired) electrons. The number of benzene rings is 1. The van der Waals surface area contributed by atoms with Crippen molar-refractivity contribution in [3.8, 4) is 5.75 Å². The molecule has 0 amide bonds. The van der Waals surface area contributed by atoms with Crippen LogP contribution >= 0.6 is 0 Å². The number of hydrogen-bond donors (Lipinski definition) is 0. The fourth-order valence-corrected chi connectivity index (χ4v) is 4.14. The van der Waals surface area contributed by atoms with Gasteiger partial charge in [-0.25, -0.2) is 13.4 Å². The van der Waals surface area contributed by atoms with Crippen molar-refractivity contribution in [1.29, 1.82) is 0 Å². The summed E-state index contributed by atoms with van der Waals surface area (Å²) in [5.41, 5.74) is 2.66. The van der Waals surface area contributed by atoms with Crippen LogP contribution in [0, 0.1) is 0 Å². The van der Waals surface area contributed by atoms with Crippen LogP contribution in [0.3, 0.4) is 0 Å². The van der Waals surface area contributed by atoms with E-state index in [-0.39, 0.29) is 5.75 Å².